The lowest BCUT2D eigenvalue weighted by atomic mass is 9.88. The van der Waals surface area contributed by atoms with Crippen molar-refractivity contribution in [1.29, 1.82) is 0 Å². The average Bonchev–Trinajstić information content (AvgIpc) is 3.15. The van der Waals surface area contributed by atoms with Crippen molar-refractivity contribution in [2.75, 3.05) is 19.8 Å². The van der Waals surface area contributed by atoms with Crippen LogP contribution in [0.1, 0.15) is 18.9 Å². The lowest BCUT2D eigenvalue weighted by Gasteiger charge is -2.40. The van der Waals surface area contributed by atoms with Crippen LogP contribution in [0, 0.1) is 5.92 Å². The molecule has 2 aliphatic heterocycles. The van der Waals surface area contributed by atoms with Crippen LogP contribution in [0.3, 0.4) is 0 Å². The molecule has 0 saturated carbocycles. The van der Waals surface area contributed by atoms with E-state index in [0.29, 0.717) is 5.56 Å². The van der Waals surface area contributed by atoms with Gasteiger partial charge in [0, 0.05) is 12.0 Å². The number of carbonyl (C=O) groups is 2. The van der Waals surface area contributed by atoms with Crippen molar-refractivity contribution < 1.29 is 54.1 Å². The molecule has 1 aromatic rings. The molecule has 0 aromatic heterocycles. The second-order valence-corrected chi connectivity index (χ2v) is 8.25. The molecule has 2 heterocycles. The minimum Gasteiger partial charge on any atom is -0.508 e. The summed E-state index contributed by atoms with van der Waals surface area (Å²) in [5, 5.41) is 50.2. The molecular formula is C22H28O11. The summed E-state index contributed by atoms with van der Waals surface area (Å²) in [5.41, 5.74) is -0.774. The number of cyclic esters (lactones) is 1. The molecular weight excluding hydrogens is 440 g/mol. The van der Waals surface area contributed by atoms with E-state index in [1.165, 1.54) is 18.2 Å². The smallest absolute Gasteiger partial charge is 0.330 e. The molecule has 2 fully saturated rings. The van der Waals surface area contributed by atoms with Crippen molar-refractivity contribution in [2.24, 2.45) is 5.92 Å². The highest BCUT2D eigenvalue weighted by atomic mass is 16.7. The van der Waals surface area contributed by atoms with Crippen molar-refractivity contribution in [2.45, 2.75) is 49.7 Å². The Morgan fingerprint density at radius 2 is 1.91 bits per heavy atom. The largest absolute Gasteiger partial charge is 0.508 e. The van der Waals surface area contributed by atoms with Crippen molar-refractivity contribution in [3.05, 3.63) is 35.9 Å². The van der Waals surface area contributed by atoms with E-state index in [1.54, 1.807) is 19.1 Å². The second-order valence-electron chi connectivity index (χ2n) is 8.25. The summed E-state index contributed by atoms with van der Waals surface area (Å²) in [4.78, 5) is 23.3. The first-order valence-electron chi connectivity index (χ1n) is 10.4. The fourth-order valence-electron chi connectivity index (χ4n) is 3.42. The molecule has 33 heavy (non-hydrogen) atoms. The fourth-order valence-corrected chi connectivity index (χ4v) is 3.42. The summed E-state index contributed by atoms with van der Waals surface area (Å²) in [5.74, 6) is -1.74. The number of ether oxygens (including phenoxy) is 4. The minimum atomic E-state index is -1.63. The van der Waals surface area contributed by atoms with Crippen molar-refractivity contribution >= 4 is 18.0 Å². The number of hydrogen-bond acceptors (Lipinski definition) is 11. The van der Waals surface area contributed by atoms with E-state index in [-0.39, 0.29) is 25.4 Å². The Labute approximate surface area is 189 Å². The van der Waals surface area contributed by atoms with Gasteiger partial charge in [-0.3, -0.25) is 4.79 Å². The van der Waals surface area contributed by atoms with Gasteiger partial charge in [-0.25, -0.2) is 4.79 Å². The summed E-state index contributed by atoms with van der Waals surface area (Å²) < 4.78 is 20.8. The van der Waals surface area contributed by atoms with Gasteiger partial charge in [-0.05, 0) is 23.8 Å². The van der Waals surface area contributed by atoms with Crippen LogP contribution in [-0.4, -0.2) is 93.6 Å². The molecule has 2 saturated heterocycles. The average molecular weight is 468 g/mol. The number of carbonyl (C=O) groups excluding carboxylic acids is 2. The third-order valence-electron chi connectivity index (χ3n) is 5.72. The van der Waals surface area contributed by atoms with Crippen LogP contribution < -0.4 is 0 Å². The van der Waals surface area contributed by atoms with E-state index in [9.17, 15) is 35.1 Å². The molecule has 0 bridgehead atoms. The molecule has 7 atom stereocenters. The molecule has 11 heteroatoms. The van der Waals surface area contributed by atoms with Gasteiger partial charge in [-0.1, -0.05) is 19.1 Å². The summed E-state index contributed by atoms with van der Waals surface area (Å²) in [6.45, 7) is 0.884. The highest BCUT2D eigenvalue weighted by Crippen LogP contribution is 2.30. The number of aliphatic hydroxyl groups is 4. The Balaban J connectivity index is 1.52. The minimum absolute atomic E-state index is 0.0873. The Morgan fingerprint density at radius 3 is 2.55 bits per heavy atom. The summed E-state index contributed by atoms with van der Waals surface area (Å²) >= 11 is 0. The van der Waals surface area contributed by atoms with Gasteiger partial charge in [-0.15, -0.1) is 0 Å². The zero-order valence-corrected chi connectivity index (χ0v) is 17.9. The molecule has 0 spiro atoms. The number of rotatable bonds is 8. The van der Waals surface area contributed by atoms with Gasteiger partial charge in [0.15, 0.2) is 6.29 Å². The van der Waals surface area contributed by atoms with Crippen molar-refractivity contribution in [3.8, 4) is 5.75 Å². The summed E-state index contributed by atoms with van der Waals surface area (Å²) in [6.07, 6.45) is -4.90. The number of hydrogen-bond donors (Lipinski definition) is 5. The number of esters is 2. The number of benzene rings is 1. The molecule has 0 unspecified atom stereocenters. The van der Waals surface area contributed by atoms with Crippen LogP contribution in [0.4, 0.5) is 0 Å². The van der Waals surface area contributed by atoms with Gasteiger partial charge in [0.25, 0.3) is 0 Å². The second kappa shape index (κ2) is 10.6. The third-order valence-corrected chi connectivity index (χ3v) is 5.72. The highest BCUT2D eigenvalue weighted by molar-refractivity contribution is 5.87. The Kier molecular flexibility index (Phi) is 8.05. The molecule has 0 amide bonds. The topological polar surface area (TPSA) is 172 Å². The quantitative estimate of drug-likeness (QED) is 0.236. The monoisotopic (exact) mass is 468 g/mol. The highest BCUT2D eigenvalue weighted by Gasteiger charge is 2.47. The predicted molar refractivity (Wildman–Crippen MR) is 110 cm³/mol. The van der Waals surface area contributed by atoms with Gasteiger partial charge in [0.1, 0.15) is 49.0 Å². The number of phenols is 1. The lowest BCUT2D eigenvalue weighted by molar-refractivity contribution is -0.305. The summed E-state index contributed by atoms with van der Waals surface area (Å²) in [6, 6.07) is 6.11. The van der Waals surface area contributed by atoms with Crippen molar-refractivity contribution in [3.63, 3.8) is 0 Å². The molecule has 5 N–H and O–H groups in total. The van der Waals surface area contributed by atoms with Gasteiger partial charge in [-0.2, -0.15) is 0 Å². The van der Waals surface area contributed by atoms with Crippen LogP contribution in [0.25, 0.3) is 6.08 Å². The first-order valence-corrected chi connectivity index (χ1v) is 10.4. The maximum Gasteiger partial charge on any atom is 0.330 e. The SMILES string of the molecule is C[C@H](CO[C@@H]1O[C@H](COC(=O)/C=C/c2ccc(O)cc2)[C@@H](O)[C@H](O)[C@H]1O)[C@]1(O)COC(=O)C1. The molecule has 2 aliphatic rings. The number of phenolic OH excluding ortho intramolecular Hbond substituents is 1. The Bertz CT molecular complexity index is 854. The van der Waals surface area contributed by atoms with Gasteiger partial charge in [0.05, 0.1) is 13.0 Å². The molecule has 0 aliphatic carbocycles. The van der Waals surface area contributed by atoms with Crippen LogP contribution in [0.5, 0.6) is 5.75 Å². The lowest BCUT2D eigenvalue weighted by Crippen LogP contribution is -2.59. The Morgan fingerprint density at radius 1 is 1.21 bits per heavy atom. The van der Waals surface area contributed by atoms with E-state index in [0.717, 1.165) is 6.08 Å². The normalized spacial score (nSPS) is 33.1. The first-order chi connectivity index (χ1) is 15.6. The maximum absolute atomic E-state index is 12.0. The molecule has 182 valence electrons. The van der Waals surface area contributed by atoms with Crippen LogP contribution in [0.2, 0.25) is 0 Å². The molecule has 3 rings (SSSR count). The Hall–Kier alpha value is -2.54. The van der Waals surface area contributed by atoms with Crippen LogP contribution in [-0.2, 0) is 28.5 Å². The van der Waals surface area contributed by atoms with E-state index in [1.807, 2.05) is 0 Å². The van der Waals surface area contributed by atoms with Crippen LogP contribution in [0.15, 0.2) is 30.3 Å². The van der Waals surface area contributed by atoms with E-state index >= 15 is 0 Å². The summed E-state index contributed by atoms with van der Waals surface area (Å²) in [7, 11) is 0. The van der Waals surface area contributed by atoms with Crippen molar-refractivity contribution in [1.82, 2.24) is 0 Å². The van der Waals surface area contributed by atoms with Gasteiger partial charge in [0.2, 0.25) is 0 Å². The van der Waals surface area contributed by atoms with E-state index in [4.69, 9.17) is 18.9 Å². The molecule has 11 nitrogen and oxygen atoms in total. The maximum atomic E-state index is 12.0. The third kappa shape index (κ3) is 6.28. The van der Waals surface area contributed by atoms with E-state index < -0.39 is 60.8 Å². The standard InChI is InChI=1S/C22H28O11/c1-12(22(29)8-17(25)32-11-22)9-31-21-20(28)19(27)18(26)15(33-21)10-30-16(24)7-4-13-2-5-14(23)6-3-13/h2-7,12,15,18-21,23,26-29H,8-11H2,1H3/b7-4+/t12-,15-,18-,19+,20-,21-,22-/m1/s1. The fraction of sp³-hybridized carbons (Fsp3) is 0.545. The molecule has 1 aromatic carbocycles. The van der Waals surface area contributed by atoms with Crippen LogP contribution >= 0.6 is 0 Å². The van der Waals surface area contributed by atoms with E-state index in [2.05, 4.69) is 0 Å². The molecule has 0 radical (unpaired) electrons. The predicted octanol–water partition coefficient (Wildman–Crippen LogP) is -0.913. The number of aromatic hydroxyl groups is 1. The first kappa shape index (κ1) is 25.1. The zero-order valence-electron chi connectivity index (χ0n) is 17.9. The number of aliphatic hydroxyl groups excluding tert-OH is 3. The van der Waals surface area contributed by atoms with Gasteiger partial charge >= 0.3 is 11.9 Å². The van der Waals surface area contributed by atoms with Gasteiger partial charge < -0.3 is 44.5 Å². The zero-order chi connectivity index (χ0) is 24.2.